The SMILES string of the molecule is c1snnc1CNCC1(C2CC2)CC1. The van der Waals surface area contributed by atoms with E-state index in [0.717, 1.165) is 18.2 Å². The summed E-state index contributed by atoms with van der Waals surface area (Å²) in [6, 6.07) is 0. The van der Waals surface area contributed by atoms with Crippen molar-refractivity contribution in [3.8, 4) is 0 Å². The third-order valence-corrected chi connectivity index (χ3v) is 4.08. The van der Waals surface area contributed by atoms with E-state index in [-0.39, 0.29) is 0 Å². The van der Waals surface area contributed by atoms with Crippen LogP contribution < -0.4 is 5.32 Å². The molecule has 4 heteroatoms. The van der Waals surface area contributed by atoms with Crippen LogP contribution in [-0.4, -0.2) is 16.1 Å². The molecule has 2 aliphatic rings. The van der Waals surface area contributed by atoms with Crippen LogP contribution in [0.5, 0.6) is 0 Å². The molecule has 0 atom stereocenters. The van der Waals surface area contributed by atoms with Crippen LogP contribution in [0.15, 0.2) is 5.38 Å². The minimum atomic E-state index is 0.698. The van der Waals surface area contributed by atoms with Crippen molar-refractivity contribution < 1.29 is 0 Å². The van der Waals surface area contributed by atoms with Crippen LogP contribution in [0.3, 0.4) is 0 Å². The van der Waals surface area contributed by atoms with Crippen molar-refractivity contribution in [3.63, 3.8) is 0 Å². The maximum atomic E-state index is 4.02. The first kappa shape index (κ1) is 8.80. The summed E-state index contributed by atoms with van der Waals surface area (Å²) >= 11 is 1.43. The molecule has 0 amide bonds. The van der Waals surface area contributed by atoms with Gasteiger partial charge in [-0.15, -0.1) is 5.10 Å². The van der Waals surface area contributed by atoms with E-state index in [1.165, 1.54) is 43.8 Å². The van der Waals surface area contributed by atoms with Gasteiger partial charge in [0.25, 0.3) is 0 Å². The summed E-state index contributed by atoms with van der Waals surface area (Å²) < 4.78 is 3.85. The van der Waals surface area contributed by atoms with Crippen molar-refractivity contribution in [3.05, 3.63) is 11.1 Å². The van der Waals surface area contributed by atoms with Crippen molar-refractivity contribution in [2.24, 2.45) is 11.3 Å². The molecule has 0 aromatic carbocycles. The highest BCUT2D eigenvalue weighted by molar-refractivity contribution is 7.03. The monoisotopic (exact) mass is 209 g/mol. The van der Waals surface area contributed by atoms with Gasteiger partial charge >= 0.3 is 0 Å². The van der Waals surface area contributed by atoms with Gasteiger partial charge < -0.3 is 5.32 Å². The van der Waals surface area contributed by atoms with E-state index in [9.17, 15) is 0 Å². The molecular formula is C10H15N3S. The van der Waals surface area contributed by atoms with Crippen LogP contribution in [0.25, 0.3) is 0 Å². The molecule has 0 spiro atoms. The van der Waals surface area contributed by atoms with E-state index in [2.05, 4.69) is 14.9 Å². The van der Waals surface area contributed by atoms with Gasteiger partial charge in [0.05, 0.1) is 5.69 Å². The van der Waals surface area contributed by atoms with Crippen LogP contribution in [0.1, 0.15) is 31.4 Å². The Bertz CT molecular complexity index is 301. The first-order valence-corrected chi connectivity index (χ1v) is 6.19. The Balaban J connectivity index is 1.46. The summed E-state index contributed by atoms with van der Waals surface area (Å²) in [5, 5.41) is 9.56. The van der Waals surface area contributed by atoms with Gasteiger partial charge in [-0.25, -0.2) is 0 Å². The number of rotatable bonds is 5. The standard InChI is InChI=1S/C10H15N3S/c1-2-8(1)10(3-4-10)7-11-5-9-6-14-13-12-9/h6,8,11H,1-5,7H2. The third-order valence-electron chi connectivity index (χ3n) is 3.52. The highest BCUT2D eigenvalue weighted by Crippen LogP contribution is 2.60. The largest absolute Gasteiger partial charge is 0.311 e. The molecule has 14 heavy (non-hydrogen) atoms. The zero-order chi connectivity index (χ0) is 9.43. The Morgan fingerprint density at radius 3 is 2.93 bits per heavy atom. The lowest BCUT2D eigenvalue weighted by Gasteiger charge is -2.13. The molecule has 1 aromatic rings. The molecular weight excluding hydrogens is 194 g/mol. The highest BCUT2D eigenvalue weighted by Gasteiger charge is 2.53. The number of hydrogen-bond donors (Lipinski definition) is 1. The van der Waals surface area contributed by atoms with Crippen LogP contribution in [0, 0.1) is 11.3 Å². The van der Waals surface area contributed by atoms with Gasteiger partial charge in [0, 0.05) is 18.5 Å². The molecule has 0 bridgehead atoms. The molecule has 0 saturated heterocycles. The van der Waals surface area contributed by atoms with Gasteiger partial charge in [-0.05, 0) is 48.5 Å². The predicted molar refractivity (Wildman–Crippen MR) is 56.0 cm³/mol. The molecule has 2 aliphatic carbocycles. The Hall–Kier alpha value is -0.480. The Morgan fingerprint density at radius 2 is 2.36 bits per heavy atom. The molecule has 3 rings (SSSR count). The summed E-state index contributed by atoms with van der Waals surface area (Å²) in [7, 11) is 0. The summed E-state index contributed by atoms with van der Waals surface area (Å²) in [6.45, 7) is 2.08. The zero-order valence-corrected chi connectivity index (χ0v) is 9.02. The molecule has 76 valence electrons. The Morgan fingerprint density at radius 1 is 1.50 bits per heavy atom. The van der Waals surface area contributed by atoms with E-state index < -0.39 is 0 Å². The van der Waals surface area contributed by atoms with E-state index in [1.54, 1.807) is 0 Å². The van der Waals surface area contributed by atoms with Gasteiger partial charge in [0.1, 0.15) is 0 Å². The summed E-state index contributed by atoms with van der Waals surface area (Å²) in [6.07, 6.45) is 5.83. The zero-order valence-electron chi connectivity index (χ0n) is 8.20. The molecule has 1 N–H and O–H groups in total. The highest BCUT2D eigenvalue weighted by atomic mass is 32.1. The number of hydrogen-bond acceptors (Lipinski definition) is 4. The van der Waals surface area contributed by atoms with Crippen LogP contribution in [0.2, 0.25) is 0 Å². The van der Waals surface area contributed by atoms with Crippen LogP contribution in [-0.2, 0) is 6.54 Å². The van der Waals surface area contributed by atoms with E-state index in [1.807, 2.05) is 5.38 Å². The van der Waals surface area contributed by atoms with Crippen molar-refractivity contribution in [2.75, 3.05) is 6.54 Å². The van der Waals surface area contributed by atoms with E-state index >= 15 is 0 Å². The lowest BCUT2D eigenvalue weighted by atomic mass is 10.0. The number of aromatic nitrogens is 2. The number of nitrogens with zero attached hydrogens (tertiary/aromatic N) is 2. The van der Waals surface area contributed by atoms with Gasteiger partial charge in [0.2, 0.25) is 0 Å². The topological polar surface area (TPSA) is 37.8 Å². The maximum Gasteiger partial charge on any atom is 0.0893 e. The third kappa shape index (κ3) is 1.68. The Labute approximate surface area is 88.1 Å². The average Bonchev–Trinajstić information content (AvgIpc) is 3.07. The van der Waals surface area contributed by atoms with Crippen molar-refractivity contribution in [1.29, 1.82) is 0 Å². The summed E-state index contributed by atoms with van der Waals surface area (Å²) in [5.74, 6) is 1.04. The van der Waals surface area contributed by atoms with Gasteiger partial charge in [-0.3, -0.25) is 0 Å². The quantitative estimate of drug-likeness (QED) is 0.803. The lowest BCUT2D eigenvalue weighted by molar-refractivity contribution is 0.402. The van der Waals surface area contributed by atoms with Crippen LogP contribution >= 0.6 is 11.5 Å². The average molecular weight is 209 g/mol. The second-order valence-electron chi connectivity index (χ2n) is 4.64. The molecule has 2 fully saturated rings. The van der Waals surface area contributed by atoms with E-state index in [0.29, 0.717) is 5.41 Å². The summed E-state index contributed by atoms with van der Waals surface area (Å²) in [5.41, 5.74) is 1.78. The molecule has 0 unspecified atom stereocenters. The molecule has 3 nitrogen and oxygen atoms in total. The van der Waals surface area contributed by atoms with Gasteiger partial charge in [-0.1, -0.05) is 4.49 Å². The first-order chi connectivity index (χ1) is 6.89. The van der Waals surface area contributed by atoms with Gasteiger partial charge in [0.15, 0.2) is 0 Å². The first-order valence-electron chi connectivity index (χ1n) is 5.36. The minimum Gasteiger partial charge on any atom is -0.311 e. The smallest absolute Gasteiger partial charge is 0.0893 e. The fourth-order valence-corrected chi connectivity index (χ4v) is 2.74. The fourth-order valence-electron chi connectivity index (χ4n) is 2.29. The van der Waals surface area contributed by atoms with E-state index in [4.69, 9.17) is 0 Å². The van der Waals surface area contributed by atoms with Crippen molar-refractivity contribution in [1.82, 2.24) is 14.9 Å². The molecule has 2 saturated carbocycles. The second kappa shape index (κ2) is 3.28. The normalized spacial score (nSPS) is 23.7. The van der Waals surface area contributed by atoms with Crippen LogP contribution in [0.4, 0.5) is 0 Å². The summed E-state index contributed by atoms with van der Waals surface area (Å²) in [4.78, 5) is 0. The molecule has 1 aromatic heterocycles. The fraction of sp³-hybridized carbons (Fsp3) is 0.800. The molecule has 0 aliphatic heterocycles. The predicted octanol–water partition coefficient (Wildman–Crippen LogP) is 1.82. The number of nitrogens with one attached hydrogen (secondary N) is 1. The lowest BCUT2D eigenvalue weighted by Crippen LogP contribution is -2.25. The van der Waals surface area contributed by atoms with Gasteiger partial charge in [-0.2, -0.15) is 0 Å². The Kier molecular flexibility index (Phi) is 2.06. The van der Waals surface area contributed by atoms with Crippen molar-refractivity contribution >= 4 is 11.5 Å². The maximum absolute atomic E-state index is 4.02. The molecule has 0 radical (unpaired) electrons. The molecule has 1 heterocycles. The van der Waals surface area contributed by atoms with Crippen molar-refractivity contribution in [2.45, 2.75) is 32.2 Å². The minimum absolute atomic E-state index is 0.698. The second-order valence-corrected chi connectivity index (χ2v) is 5.25.